The van der Waals surface area contributed by atoms with Crippen LogP contribution in [0.25, 0.3) is 0 Å². The summed E-state index contributed by atoms with van der Waals surface area (Å²) in [5.41, 5.74) is 2.75. The fraction of sp³-hybridized carbons (Fsp3) is 0.154. The van der Waals surface area contributed by atoms with E-state index in [-0.39, 0.29) is 12.5 Å². The summed E-state index contributed by atoms with van der Waals surface area (Å²) in [6, 6.07) is 6.44. The van der Waals surface area contributed by atoms with E-state index < -0.39 is 5.97 Å². The quantitative estimate of drug-likeness (QED) is 0.786. The molecule has 0 saturated heterocycles. The highest BCUT2D eigenvalue weighted by atomic mass is 32.1. The van der Waals surface area contributed by atoms with Crippen molar-refractivity contribution in [3.05, 3.63) is 46.4 Å². The van der Waals surface area contributed by atoms with E-state index in [1.54, 1.807) is 36.0 Å². The Hall–Kier alpha value is -2.41. The Kier molecular flexibility index (Phi) is 4.67. The van der Waals surface area contributed by atoms with E-state index in [1.807, 2.05) is 0 Å². The molecule has 0 unspecified atom stereocenters. The van der Waals surface area contributed by atoms with E-state index in [2.05, 4.69) is 15.6 Å². The van der Waals surface area contributed by atoms with Gasteiger partial charge in [0, 0.05) is 16.8 Å². The van der Waals surface area contributed by atoms with Gasteiger partial charge in [-0.05, 0) is 11.6 Å². The van der Waals surface area contributed by atoms with Crippen molar-refractivity contribution in [1.82, 2.24) is 10.3 Å². The second kappa shape index (κ2) is 6.67. The van der Waals surface area contributed by atoms with E-state index in [0.717, 1.165) is 4.88 Å². The molecule has 2 amide bonds. The minimum absolute atomic E-state index is 0.134. The van der Waals surface area contributed by atoms with E-state index >= 15 is 0 Å². The number of aromatic nitrogens is 1. The number of urea groups is 1. The number of carbonyl (C=O) groups is 2. The predicted octanol–water partition coefficient (Wildman–Crippen LogP) is 2.09. The SMILES string of the molecule is O=C(O)Cc1ccccc1NC(=O)NCc1cncs1. The Morgan fingerprint density at radius 1 is 1.30 bits per heavy atom. The average Bonchev–Trinajstić information content (AvgIpc) is 2.91. The third kappa shape index (κ3) is 4.06. The van der Waals surface area contributed by atoms with Crippen molar-refractivity contribution in [3.63, 3.8) is 0 Å². The molecule has 0 fully saturated rings. The number of carboxylic acids is 1. The number of rotatable bonds is 5. The molecule has 0 aliphatic heterocycles. The Bertz CT molecular complexity index is 599. The van der Waals surface area contributed by atoms with Crippen LogP contribution >= 0.6 is 11.3 Å². The highest BCUT2D eigenvalue weighted by molar-refractivity contribution is 7.09. The fourth-order valence-electron chi connectivity index (χ4n) is 1.62. The van der Waals surface area contributed by atoms with Gasteiger partial charge >= 0.3 is 12.0 Å². The lowest BCUT2D eigenvalue weighted by molar-refractivity contribution is -0.136. The van der Waals surface area contributed by atoms with Gasteiger partial charge in [0.1, 0.15) is 0 Å². The second-order valence-electron chi connectivity index (χ2n) is 4.00. The highest BCUT2D eigenvalue weighted by Gasteiger charge is 2.09. The van der Waals surface area contributed by atoms with E-state index in [4.69, 9.17) is 5.11 Å². The van der Waals surface area contributed by atoms with Gasteiger partial charge in [-0.3, -0.25) is 9.78 Å². The molecule has 3 N–H and O–H groups in total. The number of hydrogen-bond acceptors (Lipinski definition) is 4. The molecule has 104 valence electrons. The first-order chi connectivity index (χ1) is 9.65. The highest BCUT2D eigenvalue weighted by Crippen LogP contribution is 2.15. The Morgan fingerprint density at radius 3 is 2.80 bits per heavy atom. The second-order valence-corrected chi connectivity index (χ2v) is 4.97. The molecule has 0 saturated carbocycles. The molecule has 0 radical (unpaired) electrons. The molecule has 2 aromatic rings. The standard InChI is InChI=1S/C13H13N3O3S/c17-12(18)5-9-3-1-2-4-11(9)16-13(19)15-7-10-6-14-8-20-10/h1-4,6,8H,5,7H2,(H,17,18)(H2,15,16,19). The van der Waals surface area contributed by atoms with Crippen LogP contribution in [0.1, 0.15) is 10.4 Å². The van der Waals surface area contributed by atoms with Crippen LogP contribution in [0.2, 0.25) is 0 Å². The lowest BCUT2D eigenvalue weighted by Crippen LogP contribution is -2.28. The molecule has 20 heavy (non-hydrogen) atoms. The van der Waals surface area contributed by atoms with Gasteiger partial charge in [0.05, 0.1) is 18.5 Å². The average molecular weight is 291 g/mol. The van der Waals surface area contributed by atoms with Crippen LogP contribution in [0.5, 0.6) is 0 Å². The topological polar surface area (TPSA) is 91.3 Å². The van der Waals surface area contributed by atoms with Crippen LogP contribution in [0.4, 0.5) is 10.5 Å². The lowest BCUT2D eigenvalue weighted by Gasteiger charge is -2.10. The van der Waals surface area contributed by atoms with E-state index in [1.165, 1.54) is 11.3 Å². The zero-order valence-electron chi connectivity index (χ0n) is 10.5. The Morgan fingerprint density at radius 2 is 2.10 bits per heavy atom. The third-order valence-electron chi connectivity index (χ3n) is 2.51. The molecule has 1 aromatic heterocycles. The summed E-state index contributed by atoms with van der Waals surface area (Å²) in [7, 11) is 0. The maximum atomic E-state index is 11.8. The van der Waals surface area contributed by atoms with Crippen molar-refractivity contribution < 1.29 is 14.7 Å². The first kappa shape index (κ1) is 14.0. The number of benzene rings is 1. The normalized spacial score (nSPS) is 10.0. The van der Waals surface area contributed by atoms with E-state index in [9.17, 15) is 9.59 Å². The van der Waals surface area contributed by atoms with E-state index in [0.29, 0.717) is 17.8 Å². The number of thiazole rings is 1. The summed E-state index contributed by atoms with van der Waals surface area (Å²) in [5, 5.41) is 14.2. The summed E-state index contributed by atoms with van der Waals surface area (Å²) < 4.78 is 0. The summed E-state index contributed by atoms with van der Waals surface area (Å²) in [6.45, 7) is 0.387. The number of para-hydroxylation sites is 1. The maximum Gasteiger partial charge on any atom is 0.319 e. The van der Waals surface area contributed by atoms with Gasteiger partial charge < -0.3 is 15.7 Å². The summed E-state index contributed by atoms with van der Waals surface area (Å²) in [6.07, 6.45) is 1.55. The monoisotopic (exact) mass is 291 g/mol. The molecule has 1 heterocycles. The first-order valence-electron chi connectivity index (χ1n) is 5.87. The molecule has 0 spiro atoms. The number of hydrogen-bond donors (Lipinski definition) is 3. The molecule has 0 aliphatic rings. The predicted molar refractivity (Wildman–Crippen MR) is 75.8 cm³/mol. The number of nitrogens with zero attached hydrogens (tertiary/aromatic N) is 1. The smallest absolute Gasteiger partial charge is 0.319 e. The minimum atomic E-state index is -0.940. The number of carbonyl (C=O) groups excluding carboxylic acids is 1. The molecule has 1 aromatic carbocycles. The molecule has 0 aliphatic carbocycles. The molecular weight excluding hydrogens is 278 g/mol. The largest absolute Gasteiger partial charge is 0.481 e. The fourth-order valence-corrected chi connectivity index (χ4v) is 2.16. The van der Waals surface area contributed by atoms with Gasteiger partial charge in [-0.25, -0.2) is 4.79 Å². The zero-order chi connectivity index (χ0) is 14.4. The van der Waals surface area contributed by atoms with Gasteiger partial charge in [-0.1, -0.05) is 18.2 Å². The number of carboxylic acid groups (broad SMARTS) is 1. The summed E-state index contributed by atoms with van der Waals surface area (Å²) in [5.74, 6) is -0.940. The molecule has 6 nitrogen and oxygen atoms in total. The van der Waals surface area contributed by atoms with Gasteiger partial charge in [0.15, 0.2) is 0 Å². The molecule has 0 atom stereocenters. The Labute approximate surface area is 119 Å². The maximum absolute atomic E-state index is 11.8. The van der Waals surface area contributed by atoms with Crippen LogP contribution in [-0.4, -0.2) is 22.1 Å². The molecular formula is C13H13N3O3S. The van der Waals surface area contributed by atoms with Crippen LogP contribution < -0.4 is 10.6 Å². The molecule has 2 rings (SSSR count). The van der Waals surface area contributed by atoms with Gasteiger partial charge in [0.25, 0.3) is 0 Å². The van der Waals surface area contributed by atoms with Crippen molar-refractivity contribution >= 4 is 29.0 Å². The summed E-state index contributed by atoms with van der Waals surface area (Å²) >= 11 is 1.45. The van der Waals surface area contributed by atoms with Gasteiger partial charge in [-0.2, -0.15) is 0 Å². The zero-order valence-corrected chi connectivity index (χ0v) is 11.3. The van der Waals surface area contributed by atoms with Crippen LogP contribution in [0, 0.1) is 0 Å². The number of nitrogens with one attached hydrogen (secondary N) is 2. The van der Waals surface area contributed by atoms with Crippen molar-refractivity contribution in [2.75, 3.05) is 5.32 Å². The summed E-state index contributed by atoms with van der Waals surface area (Å²) in [4.78, 5) is 27.4. The molecule has 7 heteroatoms. The van der Waals surface area contributed by atoms with Crippen LogP contribution in [0.3, 0.4) is 0 Å². The van der Waals surface area contributed by atoms with Crippen molar-refractivity contribution in [3.8, 4) is 0 Å². The lowest BCUT2D eigenvalue weighted by atomic mass is 10.1. The number of aliphatic carboxylic acids is 1. The third-order valence-corrected chi connectivity index (χ3v) is 3.29. The number of anilines is 1. The van der Waals surface area contributed by atoms with Gasteiger partial charge in [-0.15, -0.1) is 11.3 Å². The van der Waals surface area contributed by atoms with Crippen molar-refractivity contribution in [2.45, 2.75) is 13.0 Å². The minimum Gasteiger partial charge on any atom is -0.481 e. The van der Waals surface area contributed by atoms with Crippen LogP contribution in [0.15, 0.2) is 36.0 Å². The first-order valence-corrected chi connectivity index (χ1v) is 6.75. The van der Waals surface area contributed by atoms with Crippen LogP contribution in [-0.2, 0) is 17.8 Å². The van der Waals surface area contributed by atoms with Crippen molar-refractivity contribution in [1.29, 1.82) is 0 Å². The molecule has 0 bridgehead atoms. The van der Waals surface area contributed by atoms with Gasteiger partial charge in [0.2, 0.25) is 0 Å². The number of amides is 2. The Balaban J connectivity index is 1.95. The van der Waals surface area contributed by atoms with Crippen molar-refractivity contribution in [2.24, 2.45) is 0 Å².